The molecule has 0 aliphatic carbocycles. The van der Waals surface area contributed by atoms with E-state index in [1.54, 1.807) is 43.4 Å². The Labute approximate surface area is 233 Å². The maximum atomic E-state index is 13.8. The van der Waals surface area contributed by atoms with Gasteiger partial charge < -0.3 is 19.7 Å². The second-order valence-electron chi connectivity index (χ2n) is 9.31. The third-order valence-electron chi connectivity index (χ3n) is 6.85. The van der Waals surface area contributed by atoms with Crippen molar-refractivity contribution in [2.75, 3.05) is 19.5 Å². The number of carbonyl (C=O) groups excluding carboxylic acids is 2. The fourth-order valence-corrected chi connectivity index (χ4v) is 5.02. The van der Waals surface area contributed by atoms with Crippen LogP contribution in [0.25, 0.3) is 11.3 Å². The molecule has 1 N–H and O–H groups in total. The maximum Gasteiger partial charge on any atom is 0.250 e. The van der Waals surface area contributed by atoms with Crippen LogP contribution in [0.4, 0.5) is 5.69 Å². The lowest BCUT2D eigenvalue weighted by Gasteiger charge is -2.39. The zero-order valence-electron chi connectivity index (χ0n) is 22.6. The summed E-state index contributed by atoms with van der Waals surface area (Å²) in [7, 11) is 3.23. The Hall–Kier alpha value is -4.17. The molecule has 202 valence electrons. The Morgan fingerprint density at radius 2 is 1.54 bits per heavy atom. The third-order valence-corrected chi connectivity index (χ3v) is 7.68. The van der Waals surface area contributed by atoms with Gasteiger partial charge in [-0.3, -0.25) is 9.59 Å². The lowest BCUT2D eigenvalue weighted by molar-refractivity contribution is -0.145. The van der Waals surface area contributed by atoms with E-state index in [4.69, 9.17) is 14.5 Å². The molecule has 4 aromatic rings. The van der Waals surface area contributed by atoms with Crippen LogP contribution in [0.15, 0.2) is 84.2 Å². The highest BCUT2D eigenvalue weighted by atomic mass is 32.1. The van der Waals surface area contributed by atoms with Crippen molar-refractivity contribution < 1.29 is 19.1 Å². The number of hydrogen-bond donors (Lipinski definition) is 1. The summed E-state index contributed by atoms with van der Waals surface area (Å²) in [5.41, 5.74) is 2.18. The topological polar surface area (TPSA) is 80.8 Å². The zero-order chi connectivity index (χ0) is 27.8. The van der Waals surface area contributed by atoms with Gasteiger partial charge in [0.15, 0.2) is 0 Å². The smallest absolute Gasteiger partial charge is 0.250 e. The zero-order valence-corrected chi connectivity index (χ0v) is 23.5. The number of rotatable bonds is 11. The van der Waals surface area contributed by atoms with E-state index in [-0.39, 0.29) is 24.8 Å². The molecule has 0 saturated heterocycles. The Morgan fingerprint density at radius 3 is 2.13 bits per heavy atom. The molecule has 39 heavy (non-hydrogen) atoms. The van der Waals surface area contributed by atoms with E-state index in [0.717, 1.165) is 27.6 Å². The summed E-state index contributed by atoms with van der Waals surface area (Å²) in [5.74, 6) is 1.07. The van der Waals surface area contributed by atoms with Crippen LogP contribution in [0, 0.1) is 0 Å². The van der Waals surface area contributed by atoms with Gasteiger partial charge in [0.25, 0.3) is 0 Å². The molecule has 1 aromatic heterocycles. The molecule has 1 atom stereocenters. The number of anilines is 1. The minimum absolute atomic E-state index is 0.142. The largest absolute Gasteiger partial charge is 0.497 e. The average Bonchev–Trinajstić information content (AvgIpc) is 3.45. The van der Waals surface area contributed by atoms with E-state index in [2.05, 4.69) is 5.32 Å². The van der Waals surface area contributed by atoms with Gasteiger partial charge in [-0.15, -0.1) is 11.3 Å². The monoisotopic (exact) mass is 543 g/mol. The molecule has 2 amide bonds. The molecular weight excluding hydrogens is 510 g/mol. The van der Waals surface area contributed by atoms with Crippen molar-refractivity contribution in [3.05, 3.63) is 94.8 Å². The molecule has 0 fully saturated rings. The molecule has 7 nitrogen and oxygen atoms in total. The van der Waals surface area contributed by atoms with Gasteiger partial charge in [0.2, 0.25) is 11.8 Å². The molecule has 0 radical (unpaired) electrons. The highest BCUT2D eigenvalue weighted by molar-refractivity contribution is 7.09. The first kappa shape index (κ1) is 27.9. The van der Waals surface area contributed by atoms with Crippen LogP contribution in [0.5, 0.6) is 11.5 Å². The van der Waals surface area contributed by atoms with Gasteiger partial charge in [0.1, 0.15) is 22.0 Å². The predicted octanol–water partition coefficient (Wildman–Crippen LogP) is 6.21. The van der Waals surface area contributed by atoms with Crippen LogP contribution < -0.4 is 14.8 Å². The van der Waals surface area contributed by atoms with E-state index in [9.17, 15) is 9.59 Å². The van der Waals surface area contributed by atoms with Gasteiger partial charge in [0.05, 0.1) is 32.9 Å². The summed E-state index contributed by atoms with van der Waals surface area (Å²) in [6.45, 7) is 3.95. The first-order chi connectivity index (χ1) is 18.9. The maximum absolute atomic E-state index is 13.8. The van der Waals surface area contributed by atoms with Crippen molar-refractivity contribution >= 4 is 28.8 Å². The van der Waals surface area contributed by atoms with Crippen LogP contribution in [0.3, 0.4) is 0 Å². The Balaban J connectivity index is 1.62. The van der Waals surface area contributed by atoms with Gasteiger partial charge in [-0.05, 0) is 67.4 Å². The molecular formula is C31H33N3O4S. The van der Waals surface area contributed by atoms with Gasteiger partial charge in [-0.1, -0.05) is 37.3 Å². The minimum Gasteiger partial charge on any atom is -0.497 e. The van der Waals surface area contributed by atoms with Crippen LogP contribution in [0.2, 0.25) is 0 Å². The number of amides is 2. The summed E-state index contributed by atoms with van der Waals surface area (Å²) in [6.07, 6.45) is 0.606. The van der Waals surface area contributed by atoms with Crippen molar-refractivity contribution in [2.24, 2.45) is 0 Å². The van der Waals surface area contributed by atoms with Crippen molar-refractivity contribution in [1.82, 2.24) is 9.88 Å². The molecule has 1 heterocycles. The first-order valence-corrected chi connectivity index (χ1v) is 13.6. The second-order valence-corrected chi connectivity index (χ2v) is 10.2. The minimum atomic E-state index is -1.11. The van der Waals surface area contributed by atoms with Gasteiger partial charge >= 0.3 is 0 Å². The number of aromatic nitrogens is 1. The SMILES string of the molecule is CCC(C)(C(=O)Nc1ccc(OC)cc1)N(Cc1nc(-c2ccc(OC)cc2)cs1)C(=O)Cc1ccccc1. The molecule has 4 rings (SSSR count). The van der Waals surface area contributed by atoms with Crippen LogP contribution in [-0.4, -0.2) is 41.5 Å². The Bertz CT molecular complexity index is 1390. The van der Waals surface area contributed by atoms with E-state index in [1.165, 1.54) is 11.3 Å². The molecule has 8 heteroatoms. The lowest BCUT2D eigenvalue weighted by atomic mass is 9.93. The summed E-state index contributed by atoms with van der Waals surface area (Å²) < 4.78 is 10.5. The standard InChI is InChI=1S/C31H33N3O4S/c1-5-31(2,30(36)32-24-13-17-26(38-4)18-14-24)34(29(35)19-22-9-7-6-8-10-22)20-28-33-27(21-39-28)23-11-15-25(37-3)16-12-23/h6-18,21H,5,19-20H2,1-4H3,(H,32,36). The number of methoxy groups -OCH3 is 2. The average molecular weight is 544 g/mol. The molecule has 0 spiro atoms. The summed E-state index contributed by atoms with van der Waals surface area (Å²) >= 11 is 1.47. The highest BCUT2D eigenvalue weighted by Crippen LogP contribution is 2.29. The van der Waals surface area contributed by atoms with Gasteiger partial charge in [0, 0.05) is 16.6 Å². The number of ether oxygens (including phenoxy) is 2. The lowest BCUT2D eigenvalue weighted by Crippen LogP contribution is -2.56. The molecule has 0 saturated carbocycles. The van der Waals surface area contributed by atoms with E-state index in [1.807, 2.05) is 73.8 Å². The number of nitrogens with one attached hydrogen (secondary N) is 1. The van der Waals surface area contributed by atoms with Crippen LogP contribution in [0.1, 0.15) is 30.8 Å². The van der Waals surface area contributed by atoms with E-state index in [0.29, 0.717) is 17.9 Å². The van der Waals surface area contributed by atoms with E-state index < -0.39 is 5.54 Å². The summed E-state index contributed by atoms with van der Waals surface area (Å²) in [4.78, 5) is 34.0. The number of hydrogen-bond acceptors (Lipinski definition) is 6. The normalized spacial score (nSPS) is 12.3. The molecule has 0 aliphatic rings. The fourth-order valence-electron chi connectivity index (χ4n) is 4.23. The van der Waals surface area contributed by atoms with Crippen molar-refractivity contribution in [1.29, 1.82) is 0 Å². The number of carbonyl (C=O) groups is 2. The van der Waals surface area contributed by atoms with Gasteiger partial charge in [-0.2, -0.15) is 0 Å². The van der Waals surface area contributed by atoms with Crippen molar-refractivity contribution in [3.8, 4) is 22.8 Å². The van der Waals surface area contributed by atoms with Crippen molar-refractivity contribution in [2.45, 2.75) is 38.8 Å². The fraction of sp³-hybridized carbons (Fsp3) is 0.258. The van der Waals surface area contributed by atoms with E-state index >= 15 is 0 Å². The molecule has 3 aromatic carbocycles. The van der Waals surface area contributed by atoms with Crippen LogP contribution in [-0.2, 0) is 22.6 Å². The quantitative estimate of drug-likeness (QED) is 0.243. The number of benzene rings is 3. The Kier molecular flexibility index (Phi) is 8.99. The molecule has 1 unspecified atom stereocenters. The second kappa shape index (κ2) is 12.6. The molecule has 0 bridgehead atoms. The first-order valence-electron chi connectivity index (χ1n) is 12.7. The van der Waals surface area contributed by atoms with Gasteiger partial charge in [-0.25, -0.2) is 4.98 Å². The van der Waals surface area contributed by atoms with Crippen LogP contribution >= 0.6 is 11.3 Å². The summed E-state index contributed by atoms with van der Waals surface area (Å²) in [5, 5.41) is 5.71. The highest BCUT2D eigenvalue weighted by Gasteiger charge is 2.41. The number of thiazole rings is 1. The Morgan fingerprint density at radius 1 is 0.923 bits per heavy atom. The van der Waals surface area contributed by atoms with Crippen molar-refractivity contribution in [3.63, 3.8) is 0 Å². The third kappa shape index (κ3) is 6.64. The summed E-state index contributed by atoms with van der Waals surface area (Å²) in [6, 6.07) is 24.4. The predicted molar refractivity (Wildman–Crippen MR) is 155 cm³/mol. The molecule has 0 aliphatic heterocycles. The number of nitrogens with zero attached hydrogens (tertiary/aromatic N) is 2.